The van der Waals surface area contributed by atoms with Crippen molar-refractivity contribution in [3.63, 3.8) is 0 Å². The molecule has 4 aromatic rings. The number of hydrogen-bond donors (Lipinski definition) is 1. The predicted molar refractivity (Wildman–Crippen MR) is 145 cm³/mol. The SMILES string of the molecule is COc1cc(C(=O)N2Cc3nc(NC(=O)c4cnc(C)cc4-c4cc(Cl)ncc4OC)sc3C2)ccc1Cl. The van der Waals surface area contributed by atoms with E-state index in [0.717, 1.165) is 16.3 Å². The molecule has 1 aliphatic rings. The number of anilines is 1. The summed E-state index contributed by atoms with van der Waals surface area (Å²) in [7, 11) is 3.03. The zero-order valence-electron chi connectivity index (χ0n) is 20.5. The summed E-state index contributed by atoms with van der Waals surface area (Å²) in [6.45, 7) is 2.55. The van der Waals surface area contributed by atoms with Gasteiger partial charge in [0.2, 0.25) is 0 Å². The van der Waals surface area contributed by atoms with E-state index < -0.39 is 0 Å². The Morgan fingerprint density at radius 2 is 1.79 bits per heavy atom. The highest BCUT2D eigenvalue weighted by Crippen LogP contribution is 2.36. The molecular formula is C26H21Cl2N5O4S. The van der Waals surface area contributed by atoms with Crippen molar-refractivity contribution in [3.8, 4) is 22.6 Å². The molecule has 2 amide bonds. The van der Waals surface area contributed by atoms with Crippen LogP contribution in [0.4, 0.5) is 5.13 Å². The van der Waals surface area contributed by atoms with Gasteiger partial charge in [0.05, 0.1) is 54.7 Å². The van der Waals surface area contributed by atoms with Gasteiger partial charge in [0.15, 0.2) is 5.13 Å². The van der Waals surface area contributed by atoms with Crippen LogP contribution >= 0.6 is 34.5 Å². The zero-order valence-corrected chi connectivity index (χ0v) is 22.9. The molecule has 0 bridgehead atoms. The maximum Gasteiger partial charge on any atom is 0.259 e. The number of ether oxygens (including phenoxy) is 2. The maximum atomic E-state index is 13.3. The first-order chi connectivity index (χ1) is 18.3. The number of methoxy groups -OCH3 is 2. The Hall–Kier alpha value is -3.73. The first-order valence-electron chi connectivity index (χ1n) is 11.4. The van der Waals surface area contributed by atoms with Gasteiger partial charge in [-0.05, 0) is 37.3 Å². The fourth-order valence-electron chi connectivity index (χ4n) is 4.13. The van der Waals surface area contributed by atoms with Crippen molar-refractivity contribution in [1.29, 1.82) is 0 Å². The number of aryl methyl sites for hydroxylation is 1. The summed E-state index contributed by atoms with van der Waals surface area (Å²) >= 11 is 13.5. The fraction of sp³-hybridized carbons (Fsp3) is 0.192. The highest BCUT2D eigenvalue weighted by atomic mass is 35.5. The summed E-state index contributed by atoms with van der Waals surface area (Å²) in [4.78, 5) is 41.8. The van der Waals surface area contributed by atoms with Crippen molar-refractivity contribution in [2.75, 3.05) is 19.5 Å². The molecule has 0 unspecified atom stereocenters. The number of carbonyl (C=O) groups is 2. The van der Waals surface area contributed by atoms with E-state index in [1.54, 1.807) is 35.2 Å². The summed E-state index contributed by atoms with van der Waals surface area (Å²) in [6, 6.07) is 8.35. The Morgan fingerprint density at radius 3 is 2.53 bits per heavy atom. The average Bonchev–Trinajstić information content (AvgIpc) is 3.47. The van der Waals surface area contributed by atoms with Crippen LogP contribution in [0.2, 0.25) is 10.2 Å². The Balaban J connectivity index is 1.34. The summed E-state index contributed by atoms with van der Waals surface area (Å²) in [6.07, 6.45) is 3.02. The number of pyridine rings is 2. The smallest absolute Gasteiger partial charge is 0.259 e. The molecule has 0 spiro atoms. The monoisotopic (exact) mass is 569 g/mol. The fourth-order valence-corrected chi connectivity index (χ4v) is 5.47. The van der Waals surface area contributed by atoms with Crippen molar-refractivity contribution in [2.24, 2.45) is 0 Å². The number of aromatic nitrogens is 3. The van der Waals surface area contributed by atoms with E-state index in [0.29, 0.717) is 57.0 Å². The van der Waals surface area contributed by atoms with E-state index in [2.05, 4.69) is 20.3 Å². The highest BCUT2D eigenvalue weighted by Gasteiger charge is 2.29. The Kier molecular flexibility index (Phi) is 7.20. The van der Waals surface area contributed by atoms with E-state index in [9.17, 15) is 9.59 Å². The second kappa shape index (κ2) is 10.6. The number of thiazole rings is 1. The Morgan fingerprint density at radius 1 is 1.00 bits per heavy atom. The highest BCUT2D eigenvalue weighted by molar-refractivity contribution is 7.16. The lowest BCUT2D eigenvalue weighted by Gasteiger charge is -2.16. The van der Waals surface area contributed by atoms with Crippen molar-refractivity contribution in [3.05, 3.63) is 80.3 Å². The maximum absolute atomic E-state index is 13.3. The number of nitrogens with one attached hydrogen (secondary N) is 1. The van der Waals surface area contributed by atoms with Gasteiger partial charge in [-0.1, -0.05) is 34.5 Å². The van der Waals surface area contributed by atoms with Crippen molar-refractivity contribution in [1.82, 2.24) is 19.9 Å². The molecule has 0 saturated carbocycles. The minimum absolute atomic E-state index is 0.156. The van der Waals surface area contributed by atoms with Gasteiger partial charge < -0.3 is 14.4 Å². The van der Waals surface area contributed by atoms with E-state index in [1.807, 2.05) is 6.92 Å². The van der Waals surface area contributed by atoms with Gasteiger partial charge in [-0.3, -0.25) is 19.9 Å². The summed E-state index contributed by atoms with van der Waals surface area (Å²) < 4.78 is 10.7. The molecule has 0 radical (unpaired) electrons. The molecule has 1 aromatic carbocycles. The van der Waals surface area contributed by atoms with Crippen LogP contribution in [0.25, 0.3) is 11.1 Å². The first kappa shape index (κ1) is 25.9. The van der Waals surface area contributed by atoms with Crippen LogP contribution in [-0.2, 0) is 13.1 Å². The number of benzene rings is 1. The van der Waals surface area contributed by atoms with Gasteiger partial charge in [0.1, 0.15) is 16.7 Å². The normalized spacial score (nSPS) is 12.3. The lowest BCUT2D eigenvalue weighted by atomic mass is 10.0. The first-order valence-corrected chi connectivity index (χ1v) is 12.9. The van der Waals surface area contributed by atoms with Gasteiger partial charge in [0, 0.05) is 28.6 Å². The van der Waals surface area contributed by atoms with E-state index in [1.165, 1.54) is 38.0 Å². The van der Waals surface area contributed by atoms with Gasteiger partial charge in [-0.25, -0.2) is 9.97 Å². The summed E-state index contributed by atoms with van der Waals surface area (Å²) in [5.41, 5.74) is 3.50. The molecule has 194 valence electrons. The average molecular weight is 570 g/mol. The molecule has 0 fully saturated rings. The van der Waals surface area contributed by atoms with Gasteiger partial charge in [-0.15, -0.1) is 0 Å². The van der Waals surface area contributed by atoms with E-state index in [-0.39, 0.29) is 17.0 Å². The van der Waals surface area contributed by atoms with Crippen LogP contribution in [0.3, 0.4) is 0 Å². The number of carbonyl (C=O) groups excluding carboxylic acids is 2. The number of fused-ring (bicyclic) bond motifs is 1. The Bertz CT molecular complexity index is 1550. The molecule has 5 rings (SSSR count). The number of amides is 2. The van der Waals surface area contributed by atoms with E-state index in [4.69, 9.17) is 32.7 Å². The van der Waals surface area contributed by atoms with Crippen molar-refractivity contribution >= 4 is 51.5 Å². The number of nitrogens with zero attached hydrogens (tertiary/aromatic N) is 4. The second-order valence-corrected chi connectivity index (χ2v) is 10.3. The molecule has 0 aliphatic carbocycles. The molecule has 12 heteroatoms. The number of hydrogen-bond acceptors (Lipinski definition) is 8. The molecule has 3 aromatic heterocycles. The third kappa shape index (κ3) is 5.02. The minimum atomic E-state index is -0.379. The van der Waals surface area contributed by atoms with Crippen LogP contribution in [-0.4, -0.2) is 45.9 Å². The lowest BCUT2D eigenvalue weighted by Crippen LogP contribution is -2.25. The largest absolute Gasteiger partial charge is 0.495 e. The summed E-state index contributed by atoms with van der Waals surface area (Å²) in [5.74, 6) is 0.378. The standard InChI is InChI=1S/C26H21Cl2N5O4S/c1-13-6-15(16-8-23(28)30-10-21(16)37-3)17(9-29-13)24(34)32-26-31-19-11-33(12-22(19)38-26)25(35)14-4-5-18(27)20(7-14)36-2/h4-10H,11-12H2,1-3H3,(H,31,32,34). The molecular weight excluding hydrogens is 549 g/mol. The molecule has 0 saturated heterocycles. The van der Waals surface area contributed by atoms with Crippen LogP contribution in [0.1, 0.15) is 37.0 Å². The predicted octanol–water partition coefficient (Wildman–Crippen LogP) is 5.64. The lowest BCUT2D eigenvalue weighted by molar-refractivity contribution is 0.0750. The van der Waals surface area contributed by atoms with Gasteiger partial charge in [0.25, 0.3) is 11.8 Å². The van der Waals surface area contributed by atoms with Crippen molar-refractivity contribution < 1.29 is 19.1 Å². The molecule has 9 nitrogen and oxygen atoms in total. The zero-order chi connectivity index (χ0) is 27.0. The quantitative estimate of drug-likeness (QED) is 0.299. The second-order valence-electron chi connectivity index (χ2n) is 8.43. The molecule has 1 aliphatic heterocycles. The summed E-state index contributed by atoms with van der Waals surface area (Å²) in [5, 5.41) is 4.01. The topological polar surface area (TPSA) is 107 Å². The molecule has 38 heavy (non-hydrogen) atoms. The molecule has 4 heterocycles. The third-order valence-electron chi connectivity index (χ3n) is 5.99. The van der Waals surface area contributed by atoms with Crippen LogP contribution in [0.5, 0.6) is 11.5 Å². The number of rotatable bonds is 6. The molecule has 1 N–H and O–H groups in total. The third-order valence-corrected chi connectivity index (χ3v) is 7.51. The van der Waals surface area contributed by atoms with Crippen LogP contribution in [0, 0.1) is 6.92 Å². The van der Waals surface area contributed by atoms with Gasteiger partial charge in [-0.2, -0.15) is 0 Å². The van der Waals surface area contributed by atoms with Crippen molar-refractivity contribution in [2.45, 2.75) is 20.0 Å². The van der Waals surface area contributed by atoms with Crippen LogP contribution < -0.4 is 14.8 Å². The molecule has 0 atom stereocenters. The minimum Gasteiger partial charge on any atom is -0.495 e. The Labute approximate surface area is 232 Å². The van der Waals surface area contributed by atoms with E-state index >= 15 is 0 Å². The van der Waals surface area contributed by atoms with Crippen LogP contribution in [0.15, 0.2) is 42.7 Å². The number of halogens is 2. The van der Waals surface area contributed by atoms with Gasteiger partial charge >= 0.3 is 0 Å².